The Balaban J connectivity index is 1.52. The van der Waals surface area contributed by atoms with Gasteiger partial charge in [-0.2, -0.15) is 0 Å². The number of rotatable bonds is 6. The van der Waals surface area contributed by atoms with Crippen molar-refractivity contribution >= 4 is 17.7 Å². The van der Waals surface area contributed by atoms with Gasteiger partial charge in [0.15, 0.2) is 0 Å². The van der Waals surface area contributed by atoms with E-state index in [0.29, 0.717) is 0 Å². The second-order valence-electron chi connectivity index (χ2n) is 7.51. The maximum absolute atomic E-state index is 12.8. The molecule has 0 bridgehead atoms. The minimum Gasteiger partial charge on any atom is -0.497 e. The van der Waals surface area contributed by atoms with Crippen molar-refractivity contribution in [2.75, 3.05) is 12.9 Å². The van der Waals surface area contributed by atoms with Gasteiger partial charge in [-0.1, -0.05) is 36.8 Å². The first-order chi connectivity index (χ1) is 14.1. The van der Waals surface area contributed by atoms with E-state index in [1.165, 1.54) is 16.0 Å². The third-order valence-corrected chi connectivity index (χ3v) is 6.64. The van der Waals surface area contributed by atoms with Gasteiger partial charge in [0.2, 0.25) is 0 Å². The molecule has 1 fully saturated rings. The van der Waals surface area contributed by atoms with Crippen molar-refractivity contribution in [1.29, 1.82) is 0 Å². The van der Waals surface area contributed by atoms with Crippen LogP contribution in [0.5, 0.6) is 5.75 Å². The lowest BCUT2D eigenvalue weighted by Gasteiger charge is -2.33. The Hall–Kier alpha value is -2.44. The largest absolute Gasteiger partial charge is 0.497 e. The number of hydrogen-bond acceptors (Lipinski definition) is 5. The molecule has 152 valence electrons. The van der Waals surface area contributed by atoms with Gasteiger partial charge in [0.05, 0.1) is 7.11 Å². The average molecular weight is 410 g/mol. The Kier molecular flexibility index (Phi) is 5.83. The summed E-state index contributed by atoms with van der Waals surface area (Å²) in [7, 11) is 1.67. The van der Waals surface area contributed by atoms with Crippen LogP contribution in [-0.2, 0) is 4.79 Å². The van der Waals surface area contributed by atoms with Gasteiger partial charge in [-0.05, 0) is 43.2 Å². The summed E-state index contributed by atoms with van der Waals surface area (Å²) in [5, 5.41) is 5.37. The van der Waals surface area contributed by atoms with Crippen molar-refractivity contribution in [3.63, 3.8) is 0 Å². The fourth-order valence-electron chi connectivity index (χ4n) is 3.99. The summed E-state index contributed by atoms with van der Waals surface area (Å²) < 4.78 is 5.30. The molecule has 1 amide bonds. The van der Waals surface area contributed by atoms with Crippen LogP contribution < -0.4 is 15.5 Å². The minimum absolute atomic E-state index is 0.0164. The summed E-state index contributed by atoms with van der Waals surface area (Å²) in [6.07, 6.45) is 2.55. The fourth-order valence-corrected chi connectivity index (χ4v) is 4.81. The molecule has 2 aliphatic heterocycles. The predicted octanol–water partition coefficient (Wildman–Crippen LogP) is 3.82. The van der Waals surface area contributed by atoms with Crippen molar-refractivity contribution in [2.45, 2.75) is 43.3 Å². The molecule has 1 saturated heterocycles. The maximum atomic E-state index is 12.8. The molecule has 0 aromatic heterocycles. The highest BCUT2D eigenvalue weighted by molar-refractivity contribution is 7.99. The van der Waals surface area contributed by atoms with Crippen molar-refractivity contribution in [3.05, 3.63) is 71.4 Å². The number of benzene rings is 2. The summed E-state index contributed by atoms with van der Waals surface area (Å²) in [5.41, 5.74) is 6.83. The lowest BCUT2D eigenvalue weighted by Crippen LogP contribution is -2.53. The Labute approximate surface area is 176 Å². The second kappa shape index (κ2) is 8.51. The standard InChI is InChI=1S/C23H27N3O2S/c1-4-20-22(16-7-9-18(28-3)10-8-16)23-24-17(13-21(27)26(23)25-20)14-29-19-11-5-15(2)6-12-19/h5-13,20,22-25H,4,14H2,1-3H3. The summed E-state index contributed by atoms with van der Waals surface area (Å²) in [6.45, 7) is 4.24. The number of nitrogens with one attached hydrogen (secondary N) is 2. The van der Waals surface area contributed by atoms with E-state index in [1.54, 1.807) is 30.0 Å². The average Bonchev–Trinajstić information content (AvgIpc) is 3.12. The summed E-state index contributed by atoms with van der Waals surface area (Å²) >= 11 is 1.74. The fraction of sp³-hybridized carbons (Fsp3) is 0.348. The number of thioether (sulfide) groups is 1. The van der Waals surface area contributed by atoms with Crippen LogP contribution in [0.2, 0.25) is 0 Å². The summed E-state index contributed by atoms with van der Waals surface area (Å²) in [6, 6.07) is 16.9. The molecule has 29 heavy (non-hydrogen) atoms. The molecule has 3 atom stereocenters. The van der Waals surface area contributed by atoms with Crippen LogP contribution >= 0.6 is 11.8 Å². The molecule has 2 N–H and O–H groups in total. The Bertz CT molecular complexity index is 895. The molecule has 0 aliphatic carbocycles. The van der Waals surface area contributed by atoms with Crippen LogP contribution in [0.15, 0.2) is 65.2 Å². The van der Waals surface area contributed by atoms with E-state index >= 15 is 0 Å². The minimum atomic E-state index is -0.0977. The number of hydrogen-bond donors (Lipinski definition) is 2. The lowest BCUT2D eigenvalue weighted by molar-refractivity contribution is -0.131. The SMILES string of the molecule is CCC1NN2C(=O)C=C(CSc3ccc(C)cc3)NC2C1c1ccc(OC)cc1. The number of hydrazine groups is 1. The molecule has 4 rings (SSSR count). The monoisotopic (exact) mass is 409 g/mol. The van der Waals surface area contributed by atoms with Crippen molar-refractivity contribution < 1.29 is 9.53 Å². The van der Waals surface area contributed by atoms with E-state index in [1.807, 2.05) is 12.1 Å². The zero-order valence-electron chi connectivity index (χ0n) is 17.0. The van der Waals surface area contributed by atoms with E-state index in [9.17, 15) is 4.79 Å². The first-order valence-corrected chi connectivity index (χ1v) is 11.0. The quantitative estimate of drug-likeness (QED) is 0.711. The molecule has 0 spiro atoms. The number of carbonyl (C=O) groups is 1. The van der Waals surface area contributed by atoms with Gasteiger partial charge in [-0.3, -0.25) is 9.80 Å². The Morgan fingerprint density at radius 2 is 1.83 bits per heavy atom. The number of aryl methyl sites for hydroxylation is 1. The van der Waals surface area contributed by atoms with Crippen LogP contribution in [0, 0.1) is 6.92 Å². The molecule has 6 heteroatoms. The van der Waals surface area contributed by atoms with Gasteiger partial charge >= 0.3 is 0 Å². The molecule has 0 radical (unpaired) electrons. The number of carbonyl (C=O) groups excluding carboxylic acids is 1. The molecule has 3 unspecified atom stereocenters. The molecule has 2 heterocycles. The zero-order valence-corrected chi connectivity index (χ0v) is 17.8. The third-order valence-electron chi connectivity index (χ3n) is 5.58. The van der Waals surface area contributed by atoms with Crippen LogP contribution in [0.4, 0.5) is 0 Å². The van der Waals surface area contributed by atoms with E-state index < -0.39 is 0 Å². The van der Waals surface area contributed by atoms with Crippen molar-refractivity contribution in [1.82, 2.24) is 15.8 Å². The highest BCUT2D eigenvalue weighted by atomic mass is 32.2. The van der Waals surface area contributed by atoms with Crippen LogP contribution in [-0.4, -0.2) is 36.0 Å². The first kappa shape index (κ1) is 19.9. The van der Waals surface area contributed by atoms with E-state index in [2.05, 4.69) is 61.0 Å². The van der Waals surface area contributed by atoms with Crippen LogP contribution in [0.3, 0.4) is 0 Å². The number of methoxy groups -OCH3 is 1. The maximum Gasteiger partial charge on any atom is 0.264 e. The van der Waals surface area contributed by atoms with Crippen LogP contribution in [0.1, 0.15) is 30.4 Å². The molecule has 2 aromatic rings. The lowest BCUT2D eigenvalue weighted by atomic mass is 9.88. The molecular formula is C23H27N3O2S. The zero-order chi connectivity index (χ0) is 20.4. The third kappa shape index (κ3) is 4.14. The van der Waals surface area contributed by atoms with E-state index in [4.69, 9.17) is 4.74 Å². The van der Waals surface area contributed by atoms with Crippen molar-refractivity contribution in [3.8, 4) is 5.75 Å². The predicted molar refractivity (Wildman–Crippen MR) is 117 cm³/mol. The molecule has 2 aliphatic rings. The van der Waals surface area contributed by atoms with Gasteiger partial charge in [-0.15, -0.1) is 11.8 Å². The Morgan fingerprint density at radius 1 is 1.10 bits per heavy atom. The topological polar surface area (TPSA) is 53.6 Å². The second-order valence-corrected chi connectivity index (χ2v) is 8.56. The van der Waals surface area contributed by atoms with Gasteiger partial charge < -0.3 is 10.1 Å². The number of ether oxygens (including phenoxy) is 1. The number of nitrogens with zero attached hydrogens (tertiary/aromatic N) is 1. The molecule has 5 nitrogen and oxygen atoms in total. The molecule has 0 saturated carbocycles. The van der Waals surface area contributed by atoms with E-state index in [-0.39, 0.29) is 24.0 Å². The van der Waals surface area contributed by atoms with Gasteiger partial charge in [0, 0.05) is 34.4 Å². The van der Waals surface area contributed by atoms with Crippen molar-refractivity contribution in [2.24, 2.45) is 0 Å². The smallest absolute Gasteiger partial charge is 0.264 e. The van der Waals surface area contributed by atoms with E-state index in [0.717, 1.165) is 23.6 Å². The normalized spacial score (nSPS) is 23.4. The molecule has 2 aromatic carbocycles. The molecular weight excluding hydrogens is 382 g/mol. The number of amides is 1. The Morgan fingerprint density at radius 3 is 2.48 bits per heavy atom. The highest BCUT2D eigenvalue weighted by Gasteiger charge is 2.45. The van der Waals surface area contributed by atoms with Gasteiger partial charge in [0.25, 0.3) is 5.91 Å². The van der Waals surface area contributed by atoms with Gasteiger partial charge in [0.1, 0.15) is 11.9 Å². The van der Waals surface area contributed by atoms with Crippen LogP contribution in [0.25, 0.3) is 0 Å². The summed E-state index contributed by atoms with van der Waals surface area (Å²) in [4.78, 5) is 14.0. The van der Waals surface area contributed by atoms with Gasteiger partial charge in [-0.25, -0.2) is 5.43 Å². The number of fused-ring (bicyclic) bond motifs is 1. The highest BCUT2D eigenvalue weighted by Crippen LogP contribution is 2.36. The first-order valence-electron chi connectivity index (χ1n) is 9.99. The summed E-state index contributed by atoms with van der Waals surface area (Å²) in [5.74, 6) is 1.77.